The Morgan fingerprint density at radius 1 is 1.50 bits per heavy atom. The highest BCUT2D eigenvalue weighted by Gasteiger charge is 2.58. The van der Waals surface area contributed by atoms with Crippen LogP contribution in [0, 0.1) is 11.3 Å². The summed E-state index contributed by atoms with van der Waals surface area (Å²) in [6, 6.07) is 4.27. The maximum Gasteiger partial charge on any atom is 0.191 e. The van der Waals surface area contributed by atoms with Crippen molar-refractivity contribution in [2.75, 3.05) is 19.7 Å². The van der Waals surface area contributed by atoms with Gasteiger partial charge in [-0.1, -0.05) is 19.9 Å². The quantitative estimate of drug-likeness (QED) is 0.335. The number of thiophene rings is 1. The Bertz CT molecular complexity index is 604. The fourth-order valence-electron chi connectivity index (χ4n) is 4.18. The van der Waals surface area contributed by atoms with Gasteiger partial charge in [-0.3, -0.25) is 0 Å². The van der Waals surface area contributed by atoms with Crippen LogP contribution in [-0.2, 0) is 10.3 Å². The van der Waals surface area contributed by atoms with Crippen LogP contribution in [0.15, 0.2) is 22.5 Å². The zero-order chi connectivity index (χ0) is 18.1. The van der Waals surface area contributed by atoms with Crippen LogP contribution in [0.4, 0.5) is 0 Å². The predicted molar refractivity (Wildman–Crippen MR) is 118 cm³/mol. The Balaban J connectivity index is 0.00000243. The van der Waals surface area contributed by atoms with Gasteiger partial charge in [-0.05, 0) is 38.1 Å². The van der Waals surface area contributed by atoms with Crippen LogP contribution < -0.4 is 10.6 Å². The largest absolute Gasteiger partial charge is 0.383 e. The minimum Gasteiger partial charge on any atom is -0.383 e. The Kier molecular flexibility index (Phi) is 7.38. The first-order chi connectivity index (χ1) is 11.9. The SMILES string of the molecule is CCNC(=NCC(C)(O)c1cccs1)NC1C2CCCOC2C1(C)C.I. The van der Waals surface area contributed by atoms with Gasteiger partial charge in [-0.2, -0.15) is 0 Å². The molecule has 0 radical (unpaired) electrons. The van der Waals surface area contributed by atoms with Crippen molar-refractivity contribution >= 4 is 41.3 Å². The Hall–Kier alpha value is -0.380. The molecule has 4 unspecified atom stereocenters. The van der Waals surface area contributed by atoms with E-state index in [1.54, 1.807) is 11.3 Å². The molecule has 3 rings (SSSR count). The minimum atomic E-state index is -0.942. The molecule has 1 aromatic rings. The van der Waals surface area contributed by atoms with Gasteiger partial charge in [0.2, 0.25) is 0 Å². The van der Waals surface area contributed by atoms with E-state index in [9.17, 15) is 5.11 Å². The van der Waals surface area contributed by atoms with Crippen LogP contribution in [0.5, 0.6) is 0 Å². The number of guanidine groups is 1. The number of hydrogen-bond donors (Lipinski definition) is 3. The number of rotatable bonds is 5. The van der Waals surface area contributed by atoms with Gasteiger partial charge in [-0.15, -0.1) is 35.3 Å². The minimum absolute atomic E-state index is 0. The van der Waals surface area contributed by atoms with Crippen LogP contribution >= 0.6 is 35.3 Å². The van der Waals surface area contributed by atoms with Crippen molar-refractivity contribution < 1.29 is 9.84 Å². The molecule has 2 fully saturated rings. The highest BCUT2D eigenvalue weighted by Crippen LogP contribution is 2.51. The standard InChI is InChI=1S/C19H31N3O2S.HI/c1-5-20-17(21-12-19(4,23)14-9-7-11-25-14)22-15-13-8-6-10-24-16(13)18(15,2)3;/h7,9,11,13,15-16,23H,5-6,8,10,12H2,1-4H3,(H2,20,21,22);1H. The number of nitrogens with zero attached hydrogens (tertiary/aromatic N) is 1. The zero-order valence-electron chi connectivity index (χ0n) is 16.1. The molecule has 1 aromatic heterocycles. The van der Waals surface area contributed by atoms with E-state index in [-0.39, 0.29) is 29.4 Å². The Labute approximate surface area is 178 Å². The Morgan fingerprint density at radius 3 is 2.92 bits per heavy atom. The van der Waals surface area contributed by atoms with Crippen molar-refractivity contribution in [3.63, 3.8) is 0 Å². The molecular formula is C19H32IN3O2S. The molecule has 5 nitrogen and oxygen atoms in total. The molecule has 0 spiro atoms. The summed E-state index contributed by atoms with van der Waals surface area (Å²) in [6.45, 7) is 10.4. The molecule has 2 heterocycles. The molecule has 1 aliphatic carbocycles. The van der Waals surface area contributed by atoms with Crippen LogP contribution in [0.3, 0.4) is 0 Å². The maximum atomic E-state index is 10.7. The summed E-state index contributed by atoms with van der Waals surface area (Å²) < 4.78 is 5.99. The summed E-state index contributed by atoms with van der Waals surface area (Å²) in [4.78, 5) is 5.62. The molecule has 1 saturated heterocycles. The van der Waals surface area contributed by atoms with Gasteiger partial charge in [0.05, 0.1) is 12.6 Å². The molecular weight excluding hydrogens is 461 g/mol. The monoisotopic (exact) mass is 493 g/mol. The second kappa shape index (κ2) is 8.75. The summed E-state index contributed by atoms with van der Waals surface area (Å²) in [7, 11) is 0. The van der Waals surface area contributed by atoms with Crippen LogP contribution in [0.25, 0.3) is 0 Å². The van der Waals surface area contributed by atoms with E-state index < -0.39 is 5.60 Å². The number of aliphatic hydroxyl groups is 1. The van der Waals surface area contributed by atoms with Crippen molar-refractivity contribution in [3.8, 4) is 0 Å². The molecule has 1 aliphatic heterocycles. The number of nitrogens with one attached hydrogen (secondary N) is 2. The van der Waals surface area contributed by atoms with Crippen LogP contribution in [-0.4, -0.2) is 42.9 Å². The average molecular weight is 493 g/mol. The average Bonchev–Trinajstić information content (AvgIpc) is 3.13. The number of ether oxygens (including phenoxy) is 1. The fourth-order valence-corrected chi connectivity index (χ4v) is 4.96. The second-order valence-electron chi connectivity index (χ2n) is 7.99. The molecule has 7 heteroatoms. The molecule has 0 aromatic carbocycles. The molecule has 1 saturated carbocycles. The smallest absolute Gasteiger partial charge is 0.191 e. The summed E-state index contributed by atoms with van der Waals surface area (Å²) in [5.41, 5.74) is -0.848. The first-order valence-electron chi connectivity index (χ1n) is 9.29. The molecule has 148 valence electrons. The van der Waals surface area contributed by atoms with Gasteiger partial charge in [-0.25, -0.2) is 4.99 Å². The predicted octanol–water partition coefficient (Wildman–Crippen LogP) is 3.33. The van der Waals surface area contributed by atoms with Gasteiger partial charge < -0.3 is 20.5 Å². The van der Waals surface area contributed by atoms with E-state index in [0.717, 1.165) is 30.4 Å². The molecule has 0 amide bonds. The third-order valence-electron chi connectivity index (χ3n) is 5.56. The number of fused-ring (bicyclic) bond motifs is 1. The van der Waals surface area contributed by atoms with E-state index in [1.165, 1.54) is 6.42 Å². The second-order valence-corrected chi connectivity index (χ2v) is 8.93. The summed E-state index contributed by atoms with van der Waals surface area (Å²) in [6.07, 6.45) is 2.68. The normalized spacial score (nSPS) is 29.6. The lowest BCUT2D eigenvalue weighted by atomic mass is 9.55. The summed E-state index contributed by atoms with van der Waals surface area (Å²) in [5.74, 6) is 1.33. The number of aliphatic imine (C=N–C) groups is 1. The van der Waals surface area contributed by atoms with Crippen molar-refractivity contribution in [2.24, 2.45) is 16.3 Å². The third-order valence-corrected chi connectivity index (χ3v) is 6.69. The highest BCUT2D eigenvalue weighted by molar-refractivity contribution is 14.0. The van der Waals surface area contributed by atoms with Crippen molar-refractivity contribution in [1.82, 2.24) is 10.6 Å². The lowest BCUT2D eigenvalue weighted by molar-refractivity contribution is -0.188. The topological polar surface area (TPSA) is 65.9 Å². The summed E-state index contributed by atoms with van der Waals surface area (Å²) in [5, 5.41) is 19.6. The first kappa shape index (κ1) is 21.9. The van der Waals surface area contributed by atoms with Gasteiger partial charge >= 0.3 is 0 Å². The molecule has 0 bridgehead atoms. The van der Waals surface area contributed by atoms with E-state index in [4.69, 9.17) is 4.74 Å². The van der Waals surface area contributed by atoms with Gasteiger partial charge in [0.15, 0.2) is 5.96 Å². The third kappa shape index (κ3) is 4.36. The van der Waals surface area contributed by atoms with Crippen molar-refractivity contribution in [2.45, 2.75) is 58.3 Å². The Morgan fingerprint density at radius 2 is 2.27 bits per heavy atom. The van der Waals surface area contributed by atoms with E-state index >= 15 is 0 Å². The van der Waals surface area contributed by atoms with Crippen LogP contribution in [0.2, 0.25) is 0 Å². The first-order valence-corrected chi connectivity index (χ1v) is 10.2. The molecule has 4 atom stereocenters. The zero-order valence-corrected chi connectivity index (χ0v) is 19.3. The van der Waals surface area contributed by atoms with Crippen molar-refractivity contribution in [3.05, 3.63) is 22.4 Å². The number of halogens is 1. The molecule has 26 heavy (non-hydrogen) atoms. The van der Waals surface area contributed by atoms with Gasteiger partial charge in [0.25, 0.3) is 0 Å². The fraction of sp³-hybridized carbons (Fsp3) is 0.737. The van der Waals surface area contributed by atoms with Crippen LogP contribution in [0.1, 0.15) is 45.4 Å². The van der Waals surface area contributed by atoms with Crippen molar-refractivity contribution in [1.29, 1.82) is 0 Å². The lowest BCUT2D eigenvalue weighted by Crippen LogP contribution is -2.71. The maximum absolute atomic E-state index is 10.7. The lowest BCUT2D eigenvalue weighted by Gasteiger charge is -2.60. The van der Waals surface area contributed by atoms with Gasteiger partial charge in [0, 0.05) is 35.4 Å². The van der Waals surface area contributed by atoms with Gasteiger partial charge in [0.1, 0.15) is 5.60 Å². The van der Waals surface area contributed by atoms with E-state index in [0.29, 0.717) is 24.6 Å². The summed E-state index contributed by atoms with van der Waals surface area (Å²) >= 11 is 1.56. The number of hydrogen-bond acceptors (Lipinski definition) is 4. The highest BCUT2D eigenvalue weighted by atomic mass is 127. The molecule has 2 aliphatic rings. The van der Waals surface area contributed by atoms with E-state index in [2.05, 4.69) is 36.4 Å². The molecule has 3 N–H and O–H groups in total. The van der Waals surface area contributed by atoms with E-state index in [1.807, 2.05) is 24.4 Å².